The van der Waals surface area contributed by atoms with Gasteiger partial charge < -0.3 is 14.8 Å². The molecule has 1 saturated heterocycles. The van der Waals surface area contributed by atoms with E-state index >= 15 is 0 Å². The van der Waals surface area contributed by atoms with Crippen LogP contribution in [0.2, 0.25) is 0 Å². The molecule has 15 heavy (non-hydrogen) atoms. The van der Waals surface area contributed by atoms with Gasteiger partial charge in [0.1, 0.15) is 0 Å². The molecular formula is C10H23ClN2O2. The summed E-state index contributed by atoms with van der Waals surface area (Å²) in [5, 5.41) is 3.37. The van der Waals surface area contributed by atoms with Gasteiger partial charge in [0, 0.05) is 39.3 Å². The molecule has 0 radical (unpaired) electrons. The number of ether oxygens (including phenoxy) is 2. The molecule has 4 nitrogen and oxygen atoms in total. The number of nitrogens with one attached hydrogen (secondary N) is 1. The second-order valence-corrected chi connectivity index (χ2v) is 3.69. The average molecular weight is 239 g/mol. The van der Waals surface area contributed by atoms with Crippen LogP contribution in [0, 0.1) is 0 Å². The highest BCUT2D eigenvalue weighted by Crippen LogP contribution is 2.01. The maximum Gasteiger partial charge on any atom is 0.0700 e. The summed E-state index contributed by atoms with van der Waals surface area (Å²) in [6.45, 7) is 8.82. The molecule has 0 amide bonds. The van der Waals surface area contributed by atoms with Crippen LogP contribution < -0.4 is 5.32 Å². The Morgan fingerprint density at radius 3 is 2.80 bits per heavy atom. The third-order valence-corrected chi connectivity index (χ3v) is 2.59. The van der Waals surface area contributed by atoms with Crippen LogP contribution in [-0.4, -0.2) is 64.1 Å². The number of hydrogen-bond acceptors (Lipinski definition) is 4. The van der Waals surface area contributed by atoms with Crippen molar-refractivity contribution in [3.63, 3.8) is 0 Å². The zero-order valence-corrected chi connectivity index (χ0v) is 10.5. The smallest absolute Gasteiger partial charge is 0.0700 e. The second-order valence-electron chi connectivity index (χ2n) is 3.69. The van der Waals surface area contributed by atoms with E-state index in [4.69, 9.17) is 9.47 Å². The van der Waals surface area contributed by atoms with Gasteiger partial charge in [-0.1, -0.05) is 0 Å². The first-order valence-corrected chi connectivity index (χ1v) is 5.36. The topological polar surface area (TPSA) is 33.7 Å². The van der Waals surface area contributed by atoms with E-state index in [0.29, 0.717) is 19.3 Å². The first-order valence-electron chi connectivity index (χ1n) is 5.36. The molecule has 0 aromatic heterocycles. The Morgan fingerprint density at radius 2 is 2.13 bits per heavy atom. The molecule has 0 spiro atoms. The highest BCUT2D eigenvalue weighted by atomic mass is 35.5. The van der Waals surface area contributed by atoms with E-state index in [-0.39, 0.29) is 12.4 Å². The number of hydrogen-bond donors (Lipinski definition) is 1. The summed E-state index contributed by atoms with van der Waals surface area (Å²) in [4.78, 5) is 2.46. The third kappa shape index (κ3) is 6.33. The number of nitrogens with zero attached hydrogens (tertiary/aromatic N) is 1. The monoisotopic (exact) mass is 238 g/mol. The van der Waals surface area contributed by atoms with Crippen molar-refractivity contribution in [2.75, 3.05) is 53.1 Å². The number of methoxy groups -OCH3 is 1. The standard InChI is InChI=1S/C10H22N2O2.ClH/c1-10-9-11-3-4-12(10)5-6-14-8-7-13-2;/h10-11H,3-9H2,1-2H3;1H/t10-;/m1./s1. The molecule has 0 aromatic carbocycles. The fourth-order valence-electron chi connectivity index (χ4n) is 1.64. The summed E-state index contributed by atoms with van der Waals surface area (Å²) < 4.78 is 10.3. The molecule has 1 atom stereocenters. The van der Waals surface area contributed by atoms with Crippen molar-refractivity contribution in [1.82, 2.24) is 10.2 Å². The summed E-state index contributed by atoms with van der Waals surface area (Å²) in [5.74, 6) is 0. The first-order chi connectivity index (χ1) is 6.84. The quantitative estimate of drug-likeness (QED) is 0.678. The van der Waals surface area contributed by atoms with Crippen LogP contribution in [-0.2, 0) is 9.47 Å². The minimum Gasteiger partial charge on any atom is -0.382 e. The van der Waals surface area contributed by atoms with E-state index in [1.807, 2.05) is 0 Å². The Hall–Kier alpha value is 0.130. The van der Waals surface area contributed by atoms with Crippen LogP contribution in [0.3, 0.4) is 0 Å². The predicted molar refractivity (Wildman–Crippen MR) is 63.8 cm³/mol. The van der Waals surface area contributed by atoms with Gasteiger partial charge in [-0.25, -0.2) is 0 Å². The number of piperazine rings is 1. The molecule has 1 rings (SSSR count). The Kier molecular flexibility index (Phi) is 9.44. The Labute approximate surface area is 98.7 Å². The normalized spacial score (nSPS) is 22.4. The minimum atomic E-state index is 0. The zero-order chi connectivity index (χ0) is 10.2. The van der Waals surface area contributed by atoms with Gasteiger partial charge in [-0.05, 0) is 6.92 Å². The molecule has 92 valence electrons. The summed E-state index contributed by atoms with van der Waals surface area (Å²) in [7, 11) is 1.70. The first kappa shape index (κ1) is 15.1. The van der Waals surface area contributed by atoms with Crippen LogP contribution in [0.4, 0.5) is 0 Å². The molecule has 0 aromatic rings. The highest BCUT2D eigenvalue weighted by molar-refractivity contribution is 5.85. The van der Waals surface area contributed by atoms with Gasteiger partial charge >= 0.3 is 0 Å². The fourth-order valence-corrected chi connectivity index (χ4v) is 1.64. The molecule has 0 aliphatic carbocycles. The van der Waals surface area contributed by atoms with Gasteiger partial charge in [-0.2, -0.15) is 0 Å². The van der Waals surface area contributed by atoms with Crippen LogP contribution in [0.1, 0.15) is 6.92 Å². The Morgan fingerprint density at radius 1 is 1.33 bits per heavy atom. The minimum absolute atomic E-state index is 0. The molecule has 1 heterocycles. The molecular weight excluding hydrogens is 216 g/mol. The molecule has 1 N–H and O–H groups in total. The fraction of sp³-hybridized carbons (Fsp3) is 1.00. The van der Waals surface area contributed by atoms with E-state index in [2.05, 4.69) is 17.1 Å². The number of rotatable bonds is 6. The summed E-state index contributed by atoms with van der Waals surface area (Å²) in [5.41, 5.74) is 0. The molecule has 0 bridgehead atoms. The van der Waals surface area contributed by atoms with Crippen molar-refractivity contribution >= 4 is 12.4 Å². The molecule has 5 heteroatoms. The second kappa shape index (κ2) is 9.36. The SMILES string of the molecule is COCCOCCN1CCNC[C@H]1C.Cl. The van der Waals surface area contributed by atoms with E-state index in [0.717, 1.165) is 32.8 Å². The van der Waals surface area contributed by atoms with Crippen molar-refractivity contribution in [2.24, 2.45) is 0 Å². The summed E-state index contributed by atoms with van der Waals surface area (Å²) in [6, 6.07) is 0.634. The molecule has 1 fully saturated rings. The number of halogens is 1. The zero-order valence-electron chi connectivity index (χ0n) is 9.70. The molecule has 0 unspecified atom stereocenters. The maximum atomic E-state index is 5.44. The van der Waals surface area contributed by atoms with Crippen molar-refractivity contribution in [2.45, 2.75) is 13.0 Å². The van der Waals surface area contributed by atoms with Gasteiger partial charge in [-0.3, -0.25) is 4.90 Å². The summed E-state index contributed by atoms with van der Waals surface area (Å²) >= 11 is 0. The predicted octanol–water partition coefficient (Wildman–Crippen LogP) is 0.365. The lowest BCUT2D eigenvalue weighted by Crippen LogP contribution is -2.50. The molecule has 1 aliphatic heterocycles. The third-order valence-electron chi connectivity index (χ3n) is 2.59. The lowest BCUT2D eigenvalue weighted by molar-refractivity contribution is 0.0471. The van der Waals surface area contributed by atoms with Gasteiger partial charge in [0.15, 0.2) is 0 Å². The van der Waals surface area contributed by atoms with Crippen LogP contribution in [0.15, 0.2) is 0 Å². The largest absolute Gasteiger partial charge is 0.382 e. The van der Waals surface area contributed by atoms with Crippen LogP contribution in [0.25, 0.3) is 0 Å². The lowest BCUT2D eigenvalue weighted by atomic mass is 10.2. The lowest BCUT2D eigenvalue weighted by Gasteiger charge is -2.33. The van der Waals surface area contributed by atoms with Crippen molar-refractivity contribution < 1.29 is 9.47 Å². The Bertz CT molecular complexity index is 149. The van der Waals surface area contributed by atoms with Gasteiger partial charge in [-0.15, -0.1) is 12.4 Å². The summed E-state index contributed by atoms with van der Waals surface area (Å²) in [6.07, 6.45) is 0. The highest BCUT2D eigenvalue weighted by Gasteiger charge is 2.16. The van der Waals surface area contributed by atoms with Gasteiger partial charge in [0.05, 0.1) is 19.8 Å². The van der Waals surface area contributed by atoms with E-state index in [1.165, 1.54) is 0 Å². The van der Waals surface area contributed by atoms with Crippen LogP contribution in [0.5, 0.6) is 0 Å². The van der Waals surface area contributed by atoms with E-state index < -0.39 is 0 Å². The van der Waals surface area contributed by atoms with Gasteiger partial charge in [0.25, 0.3) is 0 Å². The van der Waals surface area contributed by atoms with Crippen molar-refractivity contribution in [3.8, 4) is 0 Å². The molecule has 1 aliphatic rings. The van der Waals surface area contributed by atoms with Crippen molar-refractivity contribution in [3.05, 3.63) is 0 Å². The van der Waals surface area contributed by atoms with E-state index in [9.17, 15) is 0 Å². The van der Waals surface area contributed by atoms with Gasteiger partial charge in [0.2, 0.25) is 0 Å². The van der Waals surface area contributed by atoms with Crippen LogP contribution >= 0.6 is 12.4 Å². The maximum absolute atomic E-state index is 5.44. The Balaban J connectivity index is 0.00000196. The molecule has 0 saturated carbocycles. The average Bonchev–Trinajstić information content (AvgIpc) is 2.20. The van der Waals surface area contributed by atoms with Crippen molar-refractivity contribution in [1.29, 1.82) is 0 Å². The van der Waals surface area contributed by atoms with E-state index in [1.54, 1.807) is 7.11 Å².